The number of hydrogen-bond donors (Lipinski definition) is 1. The third-order valence-corrected chi connectivity index (χ3v) is 3.80. The van der Waals surface area contributed by atoms with E-state index in [0.717, 1.165) is 0 Å². The molecule has 0 aliphatic rings. The normalized spacial score (nSPS) is 10.2. The molecule has 1 N–H and O–H groups in total. The van der Waals surface area contributed by atoms with Crippen LogP contribution in [0.15, 0.2) is 36.4 Å². The number of benzene rings is 2. The molecule has 132 valence electrons. The van der Waals surface area contributed by atoms with Crippen LogP contribution in [0.1, 0.15) is 27.9 Å². The average molecular weight is 344 g/mol. The van der Waals surface area contributed by atoms with Crippen LogP contribution in [0.3, 0.4) is 0 Å². The Hall–Kier alpha value is -3.02. The molecule has 6 nitrogen and oxygen atoms in total. The van der Waals surface area contributed by atoms with Crippen LogP contribution >= 0.6 is 0 Å². The summed E-state index contributed by atoms with van der Waals surface area (Å²) in [5.74, 6) is 0.423. The monoisotopic (exact) mass is 344 g/mol. The molecule has 0 aliphatic heterocycles. The van der Waals surface area contributed by atoms with Gasteiger partial charge < -0.3 is 19.3 Å². The van der Waals surface area contributed by atoms with Crippen LogP contribution in [0.2, 0.25) is 0 Å². The Morgan fingerprint density at radius 1 is 0.920 bits per heavy atom. The summed E-state index contributed by atoms with van der Waals surface area (Å²) in [7, 11) is 4.53. The summed E-state index contributed by atoms with van der Waals surface area (Å²) < 4.78 is 15.7. The Labute approximate surface area is 146 Å². The first-order chi connectivity index (χ1) is 12.0. The fourth-order valence-electron chi connectivity index (χ4n) is 2.50. The number of aliphatic carboxylic acids is 1. The number of carboxylic acids is 1. The summed E-state index contributed by atoms with van der Waals surface area (Å²) in [4.78, 5) is 23.7. The van der Waals surface area contributed by atoms with Gasteiger partial charge in [0.2, 0.25) is 0 Å². The maximum Gasteiger partial charge on any atom is 0.303 e. The van der Waals surface area contributed by atoms with E-state index in [-0.39, 0.29) is 18.6 Å². The van der Waals surface area contributed by atoms with Gasteiger partial charge in [0.1, 0.15) is 17.2 Å². The molecule has 0 unspecified atom stereocenters. The van der Waals surface area contributed by atoms with Crippen molar-refractivity contribution in [3.05, 3.63) is 53.1 Å². The van der Waals surface area contributed by atoms with Crippen molar-refractivity contribution in [2.45, 2.75) is 12.8 Å². The van der Waals surface area contributed by atoms with E-state index >= 15 is 0 Å². The van der Waals surface area contributed by atoms with Crippen molar-refractivity contribution in [1.82, 2.24) is 0 Å². The van der Waals surface area contributed by atoms with Gasteiger partial charge in [0.15, 0.2) is 5.78 Å². The first kappa shape index (κ1) is 18.3. The maximum absolute atomic E-state index is 12.8. The van der Waals surface area contributed by atoms with Gasteiger partial charge in [-0.15, -0.1) is 0 Å². The zero-order valence-electron chi connectivity index (χ0n) is 14.4. The molecule has 0 bridgehead atoms. The topological polar surface area (TPSA) is 82.1 Å². The lowest BCUT2D eigenvalue weighted by Crippen LogP contribution is -2.06. The van der Waals surface area contributed by atoms with Crippen molar-refractivity contribution in [1.29, 1.82) is 0 Å². The zero-order chi connectivity index (χ0) is 18.4. The van der Waals surface area contributed by atoms with Crippen LogP contribution in [0, 0.1) is 0 Å². The van der Waals surface area contributed by atoms with Crippen molar-refractivity contribution >= 4 is 11.8 Å². The molecule has 0 fully saturated rings. The number of rotatable bonds is 8. The third-order valence-electron chi connectivity index (χ3n) is 3.80. The number of ketones is 1. The lowest BCUT2D eigenvalue weighted by atomic mass is 9.98. The van der Waals surface area contributed by atoms with Crippen LogP contribution in [-0.4, -0.2) is 38.2 Å². The van der Waals surface area contributed by atoms with E-state index in [9.17, 15) is 9.59 Å². The van der Waals surface area contributed by atoms with Crippen LogP contribution in [0.4, 0.5) is 0 Å². The lowest BCUT2D eigenvalue weighted by molar-refractivity contribution is -0.136. The predicted octanol–water partition coefficient (Wildman–Crippen LogP) is 2.96. The van der Waals surface area contributed by atoms with E-state index < -0.39 is 5.97 Å². The summed E-state index contributed by atoms with van der Waals surface area (Å²) >= 11 is 0. The van der Waals surface area contributed by atoms with E-state index in [4.69, 9.17) is 19.3 Å². The number of aryl methyl sites for hydroxylation is 1. The quantitative estimate of drug-likeness (QED) is 0.742. The number of carbonyl (C=O) groups is 2. The van der Waals surface area contributed by atoms with E-state index in [1.165, 1.54) is 21.3 Å². The van der Waals surface area contributed by atoms with E-state index in [0.29, 0.717) is 33.9 Å². The smallest absolute Gasteiger partial charge is 0.303 e. The minimum atomic E-state index is -0.907. The molecule has 6 heteroatoms. The zero-order valence-corrected chi connectivity index (χ0v) is 14.4. The van der Waals surface area contributed by atoms with Gasteiger partial charge in [0.05, 0.1) is 26.9 Å². The van der Waals surface area contributed by atoms with Crippen molar-refractivity contribution < 1.29 is 28.9 Å². The minimum Gasteiger partial charge on any atom is -0.497 e. The summed E-state index contributed by atoms with van der Waals surface area (Å²) in [6, 6.07) is 9.94. The SMILES string of the molecule is COc1ccc(C(=O)c2ccc(OC)c(CCC(=O)O)c2)c(OC)c1. The third kappa shape index (κ3) is 4.29. The maximum atomic E-state index is 12.8. The molecule has 2 aromatic carbocycles. The van der Waals surface area contributed by atoms with Gasteiger partial charge in [-0.05, 0) is 42.3 Å². The summed E-state index contributed by atoms with van der Waals surface area (Å²) in [5.41, 5.74) is 1.51. The molecule has 0 atom stereocenters. The molecular weight excluding hydrogens is 324 g/mol. The molecule has 0 saturated carbocycles. The van der Waals surface area contributed by atoms with E-state index in [2.05, 4.69) is 0 Å². The Balaban J connectivity index is 2.39. The van der Waals surface area contributed by atoms with Gasteiger partial charge in [-0.25, -0.2) is 0 Å². The Bertz CT molecular complexity index is 781. The summed E-state index contributed by atoms with van der Waals surface area (Å²) in [6.45, 7) is 0. The Kier molecular flexibility index (Phi) is 6.00. The standard InChI is InChI=1S/C19H20O6/c1-23-14-6-7-15(17(11-14)25-3)19(22)13-4-8-16(24-2)12(10-13)5-9-18(20)21/h4,6-8,10-11H,5,9H2,1-3H3,(H,20,21). The van der Waals surface area contributed by atoms with Gasteiger partial charge in [-0.3, -0.25) is 9.59 Å². The largest absolute Gasteiger partial charge is 0.497 e. The van der Waals surface area contributed by atoms with Gasteiger partial charge in [-0.1, -0.05) is 0 Å². The average Bonchev–Trinajstić information content (AvgIpc) is 2.64. The Morgan fingerprint density at radius 2 is 1.64 bits per heavy atom. The molecule has 0 saturated heterocycles. The molecular formula is C19H20O6. The highest BCUT2D eigenvalue weighted by Crippen LogP contribution is 2.28. The molecule has 25 heavy (non-hydrogen) atoms. The number of methoxy groups -OCH3 is 3. The number of carbonyl (C=O) groups excluding carboxylic acids is 1. The van der Waals surface area contributed by atoms with Crippen LogP contribution in [0.25, 0.3) is 0 Å². The first-order valence-corrected chi connectivity index (χ1v) is 7.65. The molecule has 0 spiro atoms. The predicted molar refractivity (Wildman–Crippen MR) is 91.9 cm³/mol. The first-order valence-electron chi connectivity index (χ1n) is 7.65. The van der Waals surface area contributed by atoms with Gasteiger partial charge in [0, 0.05) is 18.1 Å². The van der Waals surface area contributed by atoms with Gasteiger partial charge in [-0.2, -0.15) is 0 Å². The molecule has 0 aliphatic carbocycles. The van der Waals surface area contributed by atoms with Gasteiger partial charge in [0.25, 0.3) is 0 Å². The molecule has 0 radical (unpaired) electrons. The Morgan fingerprint density at radius 3 is 2.24 bits per heavy atom. The number of hydrogen-bond acceptors (Lipinski definition) is 5. The van der Waals surface area contributed by atoms with Crippen molar-refractivity contribution in [3.8, 4) is 17.2 Å². The van der Waals surface area contributed by atoms with E-state index in [1.54, 1.807) is 36.4 Å². The highest BCUT2D eigenvalue weighted by molar-refractivity contribution is 6.11. The highest BCUT2D eigenvalue weighted by Gasteiger charge is 2.17. The van der Waals surface area contributed by atoms with E-state index in [1.807, 2.05) is 0 Å². The van der Waals surface area contributed by atoms with Crippen LogP contribution in [-0.2, 0) is 11.2 Å². The second-order valence-corrected chi connectivity index (χ2v) is 5.32. The molecule has 0 amide bonds. The minimum absolute atomic E-state index is 0.0418. The second-order valence-electron chi connectivity index (χ2n) is 5.32. The van der Waals surface area contributed by atoms with Crippen molar-refractivity contribution in [2.24, 2.45) is 0 Å². The van der Waals surface area contributed by atoms with Crippen LogP contribution in [0.5, 0.6) is 17.2 Å². The molecule has 2 aromatic rings. The summed E-state index contributed by atoms with van der Waals surface area (Å²) in [5, 5.41) is 8.88. The fraction of sp³-hybridized carbons (Fsp3) is 0.263. The number of ether oxygens (including phenoxy) is 3. The van der Waals surface area contributed by atoms with Gasteiger partial charge >= 0.3 is 5.97 Å². The fourth-order valence-corrected chi connectivity index (χ4v) is 2.50. The molecule has 0 aromatic heterocycles. The van der Waals surface area contributed by atoms with Crippen molar-refractivity contribution in [3.63, 3.8) is 0 Å². The second kappa shape index (κ2) is 8.19. The molecule has 0 heterocycles. The molecule has 2 rings (SSSR count). The lowest BCUT2D eigenvalue weighted by Gasteiger charge is -2.12. The van der Waals surface area contributed by atoms with Crippen LogP contribution < -0.4 is 14.2 Å². The summed E-state index contributed by atoms with van der Waals surface area (Å²) in [6.07, 6.45) is 0.235. The highest BCUT2D eigenvalue weighted by atomic mass is 16.5. The van der Waals surface area contributed by atoms with Crippen molar-refractivity contribution in [2.75, 3.05) is 21.3 Å². The number of carboxylic acid groups (broad SMARTS) is 1.